The largest absolute Gasteiger partial charge is 0.377 e. The third-order valence-corrected chi connectivity index (χ3v) is 3.32. The molecule has 1 aromatic rings. The number of hydrogen-bond donors (Lipinski definition) is 0. The Morgan fingerprint density at radius 1 is 1.24 bits per heavy atom. The van der Waals surface area contributed by atoms with Crippen molar-refractivity contribution in [1.29, 1.82) is 0 Å². The first-order chi connectivity index (χ1) is 9.91. The fraction of sp³-hybridized carbons (Fsp3) is 0.467. The Kier molecular flexibility index (Phi) is 4.57. The molecule has 2 rings (SSSR count). The van der Waals surface area contributed by atoms with E-state index in [4.69, 9.17) is 4.74 Å². The number of hydrogen-bond acceptors (Lipinski definition) is 3. The van der Waals surface area contributed by atoms with Crippen molar-refractivity contribution in [1.82, 2.24) is 4.90 Å². The zero-order valence-electron chi connectivity index (χ0n) is 12.4. The van der Waals surface area contributed by atoms with Gasteiger partial charge in [-0.25, -0.2) is 9.18 Å². The predicted octanol–water partition coefficient (Wildman–Crippen LogP) is 2.41. The number of urea groups is 1. The Balaban J connectivity index is 2.12. The van der Waals surface area contributed by atoms with Crippen molar-refractivity contribution in [3.05, 3.63) is 30.1 Å². The number of carbonyl (C=O) groups is 2. The van der Waals surface area contributed by atoms with Crippen LogP contribution in [0, 0.1) is 5.82 Å². The van der Waals surface area contributed by atoms with Crippen LogP contribution in [0.5, 0.6) is 0 Å². The van der Waals surface area contributed by atoms with E-state index < -0.39 is 12.1 Å². The van der Waals surface area contributed by atoms with Crippen LogP contribution in [-0.2, 0) is 9.53 Å². The summed E-state index contributed by atoms with van der Waals surface area (Å²) in [6, 6.07) is 4.53. The second-order valence-corrected chi connectivity index (χ2v) is 5.21. The van der Waals surface area contributed by atoms with Crippen LogP contribution in [0.2, 0.25) is 0 Å². The second kappa shape index (κ2) is 6.22. The van der Waals surface area contributed by atoms with E-state index >= 15 is 0 Å². The van der Waals surface area contributed by atoms with Crippen molar-refractivity contribution in [3.8, 4) is 0 Å². The van der Waals surface area contributed by atoms with Crippen molar-refractivity contribution in [2.24, 2.45) is 0 Å². The standard InChI is InChI=1S/C15H19FN2O3/c1-10(2)21-9-8-17-14(19)11(3)18(15(17)20)13-6-4-12(16)5-7-13/h4-7,10-11H,8-9H2,1-3H3/t11-/m1/s1. The summed E-state index contributed by atoms with van der Waals surface area (Å²) in [5.41, 5.74) is 0.509. The van der Waals surface area contributed by atoms with Crippen molar-refractivity contribution in [2.45, 2.75) is 32.9 Å². The average Bonchev–Trinajstić information content (AvgIpc) is 2.64. The van der Waals surface area contributed by atoms with E-state index in [1.807, 2.05) is 13.8 Å². The number of nitrogens with zero attached hydrogens (tertiary/aromatic N) is 2. The maximum atomic E-state index is 13.0. The predicted molar refractivity (Wildman–Crippen MR) is 76.5 cm³/mol. The van der Waals surface area contributed by atoms with Crippen LogP contribution in [0.4, 0.5) is 14.9 Å². The van der Waals surface area contributed by atoms with Gasteiger partial charge < -0.3 is 4.74 Å². The molecule has 1 fully saturated rings. The maximum Gasteiger partial charge on any atom is 0.332 e. The molecular weight excluding hydrogens is 275 g/mol. The maximum absolute atomic E-state index is 13.0. The van der Waals surface area contributed by atoms with Crippen LogP contribution >= 0.6 is 0 Å². The summed E-state index contributed by atoms with van der Waals surface area (Å²) in [6.07, 6.45) is 0.0448. The van der Waals surface area contributed by atoms with Crippen molar-refractivity contribution in [2.75, 3.05) is 18.1 Å². The molecule has 0 bridgehead atoms. The third-order valence-electron chi connectivity index (χ3n) is 3.32. The SMILES string of the molecule is CC(C)OCCN1C(=O)[C@@H](C)N(c2ccc(F)cc2)C1=O. The molecule has 0 aliphatic carbocycles. The van der Waals surface area contributed by atoms with Crippen molar-refractivity contribution >= 4 is 17.6 Å². The lowest BCUT2D eigenvalue weighted by molar-refractivity contribution is -0.127. The van der Waals surface area contributed by atoms with Crippen LogP contribution in [0.15, 0.2) is 24.3 Å². The Labute approximate surface area is 123 Å². The Bertz CT molecular complexity index is 530. The molecule has 1 aliphatic heterocycles. The second-order valence-electron chi connectivity index (χ2n) is 5.21. The van der Waals surface area contributed by atoms with Gasteiger partial charge in [0, 0.05) is 5.69 Å². The molecule has 6 heteroatoms. The Morgan fingerprint density at radius 2 is 1.86 bits per heavy atom. The number of halogens is 1. The van der Waals surface area contributed by atoms with Gasteiger partial charge in [-0.15, -0.1) is 0 Å². The van der Waals surface area contributed by atoms with Gasteiger partial charge in [-0.3, -0.25) is 14.6 Å². The number of imide groups is 1. The van der Waals surface area contributed by atoms with Gasteiger partial charge in [0.15, 0.2) is 0 Å². The molecule has 5 nitrogen and oxygen atoms in total. The molecule has 0 spiro atoms. The van der Waals surface area contributed by atoms with Gasteiger partial charge in [0.25, 0.3) is 5.91 Å². The number of carbonyl (C=O) groups excluding carboxylic acids is 2. The van der Waals surface area contributed by atoms with Gasteiger partial charge in [0.05, 0.1) is 19.3 Å². The molecule has 1 heterocycles. The highest BCUT2D eigenvalue weighted by Crippen LogP contribution is 2.25. The van der Waals surface area contributed by atoms with Crippen LogP contribution in [-0.4, -0.2) is 42.1 Å². The smallest absolute Gasteiger partial charge is 0.332 e. The van der Waals surface area contributed by atoms with E-state index in [-0.39, 0.29) is 24.4 Å². The molecule has 1 saturated heterocycles. The minimum Gasteiger partial charge on any atom is -0.377 e. The normalized spacial score (nSPS) is 19.0. The molecule has 1 aliphatic rings. The van der Waals surface area contributed by atoms with Crippen LogP contribution < -0.4 is 4.90 Å². The van der Waals surface area contributed by atoms with Gasteiger partial charge in [-0.1, -0.05) is 0 Å². The zero-order valence-corrected chi connectivity index (χ0v) is 12.4. The van der Waals surface area contributed by atoms with E-state index in [0.717, 1.165) is 0 Å². The highest BCUT2D eigenvalue weighted by Gasteiger charge is 2.42. The minimum atomic E-state index is -0.595. The minimum absolute atomic E-state index is 0.0448. The summed E-state index contributed by atoms with van der Waals surface area (Å²) < 4.78 is 18.3. The molecule has 1 atom stereocenters. The number of amides is 3. The fourth-order valence-electron chi connectivity index (χ4n) is 2.25. The molecule has 3 amide bonds. The molecule has 0 N–H and O–H groups in total. The lowest BCUT2D eigenvalue weighted by Gasteiger charge is -2.19. The summed E-state index contributed by atoms with van der Waals surface area (Å²) in [4.78, 5) is 27.1. The quantitative estimate of drug-likeness (QED) is 0.784. The summed E-state index contributed by atoms with van der Waals surface area (Å²) >= 11 is 0. The Hall–Kier alpha value is -1.95. The highest BCUT2D eigenvalue weighted by molar-refractivity contribution is 6.14. The van der Waals surface area contributed by atoms with E-state index in [1.165, 1.54) is 34.1 Å². The molecule has 1 aromatic carbocycles. The summed E-state index contributed by atoms with van der Waals surface area (Å²) in [7, 11) is 0. The number of anilines is 1. The first kappa shape index (κ1) is 15.4. The molecular formula is C15H19FN2O3. The van der Waals surface area contributed by atoms with E-state index in [9.17, 15) is 14.0 Å². The van der Waals surface area contributed by atoms with Crippen LogP contribution in [0.25, 0.3) is 0 Å². The van der Waals surface area contributed by atoms with E-state index in [1.54, 1.807) is 6.92 Å². The number of rotatable bonds is 5. The van der Waals surface area contributed by atoms with Crippen LogP contribution in [0.3, 0.4) is 0 Å². The summed E-state index contributed by atoms with van der Waals surface area (Å²) in [5, 5.41) is 0. The summed E-state index contributed by atoms with van der Waals surface area (Å²) in [6.45, 7) is 5.96. The molecule has 0 aromatic heterocycles. The Morgan fingerprint density at radius 3 is 2.43 bits per heavy atom. The van der Waals surface area contributed by atoms with Gasteiger partial charge in [0.1, 0.15) is 11.9 Å². The third kappa shape index (κ3) is 3.21. The van der Waals surface area contributed by atoms with Gasteiger partial charge in [-0.05, 0) is 45.0 Å². The lowest BCUT2D eigenvalue weighted by Crippen LogP contribution is -2.36. The first-order valence-electron chi connectivity index (χ1n) is 6.93. The zero-order chi connectivity index (χ0) is 15.6. The molecule has 0 unspecified atom stereocenters. The monoisotopic (exact) mass is 294 g/mol. The topological polar surface area (TPSA) is 49.9 Å². The van der Waals surface area contributed by atoms with Crippen LogP contribution in [0.1, 0.15) is 20.8 Å². The van der Waals surface area contributed by atoms with E-state index in [0.29, 0.717) is 12.3 Å². The molecule has 114 valence electrons. The first-order valence-corrected chi connectivity index (χ1v) is 6.93. The van der Waals surface area contributed by atoms with Gasteiger partial charge in [0.2, 0.25) is 0 Å². The van der Waals surface area contributed by atoms with Gasteiger partial charge in [-0.2, -0.15) is 0 Å². The number of benzene rings is 1. The summed E-state index contributed by atoms with van der Waals surface area (Å²) in [5.74, 6) is -0.650. The van der Waals surface area contributed by atoms with Crippen molar-refractivity contribution < 1.29 is 18.7 Å². The van der Waals surface area contributed by atoms with Crippen molar-refractivity contribution in [3.63, 3.8) is 0 Å². The fourth-order valence-corrected chi connectivity index (χ4v) is 2.25. The molecule has 21 heavy (non-hydrogen) atoms. The molecule has 0 saturated carbocycles. The number of ether oxygens (including phenoxy) is 1. The van der Waals surface area contributed by atoms with E-state index in [2.05, 4.69) is 0 Å². The molecule has 0 radical (unpaired) electrons. The highest BCUT2D eigenvalue weighted by atomic mass is 19.1. The average molecular weight is 294 g/mol. The van der Waals surface area contributed by atoms with Gasteiger partial charge >= 0.3 is 6.03 Å². The lowest BCUT2D eigenvalue weighted by atomic mass is 10.2.